The maximum absolute atomic E-state index is 4.27. The Balaban J connectivity index is 2.14. The van der Waals surface area contributed by atoms with Crippen molar-refractivity contribution in [1.29, 1.82) is 0 Å². The van der Waals surface area contributed by atoms with E-state index in [2.05, 4.69) is 30.5 Å². The van der Waals surface area contributed by atoms with Crippen molar-refractivity contribution in [3.05, 3.63) is 12.4 Å². The number of nitrogens with zero attached hydrogens (tertiary/aromatic N) is 2. The first-order chi connectivity index (χ1) is 7.36. The van der Waals surface area contributed by atoms with Crippen molar-refractivity contribution in [1.82, 2.24) is 9.78 Å². The van der Waals surface area contributed by atoms with Gasteiger partial charge in [-0.25, -0.2) is 0 Å². The van der Waals surface area contributed by atoms with Gasteiger partial charge >= 0.3 is 0 Å². The second kappa shape index (κ2) is 7.63. The zero-order valence-electron chi connectivity index (χ0n) is 9.70. The van der Waals surface area contributed by atoms with Gasteiger partial charge in [0.15, 0.2) is 0 Å². The molecule has 0 saturated heterocycles. The van der Waals surface area contributed by atoms with Crippen LogP contribution in [0.25, 0.3) is 0 Å². The summed E-state index contributed by atoms with van der Waals surface area (Å²) in [5.41, 5.74) is 1.14. The van der Waals surface area contributed by atoms with Crippen LogP contribution in [-0.4, -0.2) is 27.8 Å². The molecule has 0 aliphatic heterocycles. The number of thioether (sulfide) groups is 1. The van der Waals surface area contributed by atoms with Gasteiger partial charge in [0.1, 0.15) is 0 Å². The fourth-order valence-corrected chi connectivity index (χ4v) is 1.99. The predicted molar refractivity (Wildman–Crippen MR) is 68.6 cm³/mol. The van der Waals surface area contributed by atoms with E-state index in [1.807, 2.05) is 22.6 Å². The summed E-state index contributed by atoms with van der Waals surface area (Å²) in [5.74, 6) is 2.46. The summed E-state index contributed by atoms with van der Waals surface area (Å²) in [5, 5.41) is 7.66. The molecule has 0 radical (unpaired) electrons. The number of aryl methyl sites for hydroxylation is 1. The molecular weight excluding hydrogens is 206 g/mol. The topological polar surface area (TPSA) is 29.9 Å². The van der Waals surface area contributed by atoms with Gasteiger partial charge in [0.25, 0.3) is 0 Å². The zero-order valence-corrected chi connectivity index (χ0v) is 10.5. The highest BCUT2D eigenvalue weighted by atomic mass is 32.2. The monoisotopic (exact) mass is 227 g/mol. The first-order valence-corrected chi connectivity index (χ1v) is 6.86. The van der Waals surface area contributed by atoms with Gasteiger partial charge in [0.05, 0.1) is 11.9 Å². The second-order valence-electron chi connectivity index (χ2n) is 3.47. The van der Waals surface area contributed by atoms with Crippen molar-refractivity contribution >= 4 is 17.4 Å². The van der Waals surface area contributed by atoms with Gasteiger partial charge in [0.2, 0.25) is 0 Å². The highest BCUT2D eigenvalue weighted by Crippen LogP contribution is 2.06. The Hall–Kier alpha value is -0.640. The average molecular weight is 227 g/mol. The maximum atomic E-state index is 4.27. The van der Waals surface area contributed by atoms with Crippen molar-refractivity contribution in [3.8, 4) is 0 Å². The minimum Gasteiger partial charge on any atom is -0.382 e. The summed E-state index contributed by atoms with van der Waals surface area (Å²) in [6.45, 7) is 6.42. The third-order valence-corrected chi connectivity index (χ3v) is 3.07. The van der Waals surface area contributed by atoms with Crippen molar-refractivity contribution in [3.63, 3.8) is 0 Å². The average Bonchev–Trinajstić information content (AvgIpc) is 2.66. The van der Waals surface area contributed by atoms with Crippen LogP contribution in [0.1, 0.15) is 26.7 Å². The van der Waals surface area contributed by atoms with Crippen LogP contribution in [0.3, 0.4) is 0 Å². The molecule has 4 heteroatoms. The molecule has 1 aromatic heterocycles. The Morgan fingerprint density at radius 1 is 1.47 bits per heavy atom. The fourth-order valence-electron chi connectivity index (χ4n) is 1.36. The molecule has 0 amide bonds. The van der Waals surface area contributed by atoms with Crippen molar-refractivity contribution < 1.29 is 0 Å². The molecule has 0 aromatic carbocycles. The number of hydrogen-bond acceptors (Lipinski definition) is 3. The van der Waals surface area contributed by atoms with Gasteiger partial charge < -0.3 is 5.32 Å². The largest absolute Gasteiger partial charge is 0.382 e. The van der Waals surface area contributed by atoms with E-state index in [0.717, 1.165) is 25.2 Å². The quantitative estimate of drug-likeness (QED) is 0.693. The lowest BCUT2D eigenvalue weighted by Gasteiger charge is -2.02. The van der Waals surface area contributed by atoms with Crippen LogP contribution in [0.5, 0.6) is 0 Å². The molecule has 1 aromatic rings. The standard InChI is InChI=1S/C11H21N3S/c1-3-7-14-10-11(9-13-14)12-6-5-8-15-4-2/h9-10,12H,3-8H2,1-2H3. The Bertz CT molecular complexity index is 260. The van der Waals surface area contributed by atoms with Crippen LogP contribution in [0.4, 0.5) is 5.69 Å². The molecule has 0 aliphatic carbocycles. The first kappa shape index (κ1) is 12.4. The van der Waals surface area contributed by atoms with Crippen LogP contribution in [0.2, 0.25) is 0 Å². The van der Waals surface area contributed by atoms with Gasteiger partial charge in [-0.15, -0.1) is 0 Å². The first-order valence-electron chi connectivity index (χ1n) is 5.71. The van der Waals surface area contributed by atoms with E-state index in [0.29, 0.717) is 0 Å². The molecule has 0 saturated carbocycles. The number of hydrogen-bond donors (Lipinski definition) is 1. The highest BCUT2D eigenvalue weighted by molar-refractivity contribution is 7.99. The smallest absolute Gasteiger partial charge is 0.0726 e. The van der Waals surface area contributed by atoms with Gasteiger partial charge in [-0.1, -0.05) is 13.8 Å². The molecular formula is C11H21N3S. The zero-order chi connectivity index (χ0) is 10.9. The van der Waals surface area contributed by atoms with E-state index < -0.39 is 0 Å². The second-order valence-corrected chi connectivity index (χ2v) is 4.86. The lowest BCUT2D eigenvalue weighted by Crippen LogP contribution is -2.02. The Morgan fingerprint density at radius 3 is 3.07 bits per heavy atom. The Labute approximate surface area is 96.6 Å². The van der Waals surface area contributed by atoms with Crippen LogP contribution >= 0.6 is 11.8 Å². The van der Waals surface area contributed by atoms with Crippen molar-refractivity contribution in [2.45, 2.75) is 33.2 Å². The number of rotatable bonds is 8. The lowest BCUT2D eigenvalue weighted by atomic mass is 10.4. The predicted octanol–water partition coefficient (Wildman–Crippen LogP) is 2.85. The lowest BCUT2D eigenvalue weighted by molar-refractivity contribution is 0.603. The molecule has 1 N–H and O–H groups in total. The fraction of sp³-hybridized carbons (Fsp3) is 0.727. The van der Waals surface area contributed by atoms with Gasteiger partial charge in [0, 0.05) is 19.3 Å². The molecule has 0 aliphatic rings. The normalized spacial score (nSPS) is 10.5. The summed E-state index contributed by atoms with van der Waals surface area (Å²) in [6, 6.07) is 0. The van der Waals surface area contributed by atoms with E-state index >= 15 is 0 Å². The molecule has 0 spiro atoms. The van der Waals surface area contributed by atoms with E-state index in [1.165, 1.54) is 17.9 Å². The van der Waals surface area contributed by atoms with Crippen LogP contribution < -0.4 is 5.32 Å². The minimum atomic E-state index is 1.01. The van der Waals surface area contributed by atoms with E-state index in [1.54, 1.807) is 0 Å². The van der Waals surface area contributed by atoms with Gasteiger partial charge in [-0.05, 0) is 24.3 Å². The van der Waals surface area contributed by atoms with Crippen molar-refractivity contribution in [2.75, 3.05) is 23.4 Å². The highest BCUT2D eigenvalue weighted by Gasteiger charge is 1.96. The molecule has 0 fully saturated rings. The number of aromatic nitrogens is 2. The minimum absolute atomic E-state index is 1.01. The van der Waals surface area contributed by atoms with Crippen molar-refractivity contribution in [2.24, 2.45) is 0 Å². The third kappa shape index (κ3) is 5.11. The van der Waals surface area contributed by atoms with Gasteiger partial charge in [-0.2, -0.15) is 16.9 Å². The molecule has 0 unspecified atom stereocenters. The van der Waals surface area contributed by atoms with E-state index in [-0.39, 0.29) is 0 Å². The molecule has 15 heavy (non-hydrogen) atoms. The summed E-state index contributed by atoms with van der Waals surface area (Å²) in [7, 11) is 0. The molecule has 0 bridgehead atoms. The summed E-state index contributed by atoms with van der Waals surface area (Å²) >= 11 is 2.00. The molecule has 86 valence electrons. The van der Waals surface area contributed by atoms with Crippen LogP contribution in [-0.2, 0) is 6.54 Å². The van der Waals surface area contributed by atoms with Crippen LogP contribution in [0.15, 0.2) is 12.4 Å². The Kier molecular flexibility index (Phi) is 6.32. The Morgan fingerprint density at radius 2 is 2.33 bits per heavy atom. The number of anilines is 1. The SMILES string of the molecule is CCCn1cc(NCCCSCC)cn1. The van der Waals surface area contributed by atoms with Crippen LogP contribution in [0, 0.1) is 0 Å². The van der Waals surface area contributed by atoms with Gasteiger partial charge in [-0.3, -0.25) is 4.68 Å². The summed E-state index contributed by atoms with van der Waals surface area (Å²) in [4.78, 5) is 0. The molecule has 1 heterocycles. The summed E-state index contributed by atoms with van der Waals surface area (Å²) < 4.78 is 1.99. The maximum Gasteiger partial charge on any atom is 0.0726 e. The molecule has 1 rings (SSSR count). The summed E-state index contributed by atoms with van der Waals surface area (Å²) in [6.07, 6.45) is 6.34. The van der Waals surface area contributed by atoms with E-state index in [9.17, 15) is 0 Å². The molecule has 0 atom stereocenters. The number of nitrogens with one attached hydrogen (secondary N) is 1. The third-order valence-electron chi connectivity index (χ3n) is 2.08. The molecule has 3 nitrogen and oxygen atoms in total. The van der Waals surface area contributed by atoms with E-state index in [4.69, 9.17) is 0 Å².